The Labute approximate surface area is 128 Å². The van der Waals surface area contributed by atoms with Crippen LogP contribution in [0, 0.1) is 0 Å². The Hall–Kier alpha value is -2.28. The fourth-order valence-electron chi connectivity index (χ4n) is 1.66. The van der Waals surface area contributed by atoms with Gasteiger partial charge in [-0.25, -0.2) is 9.59 Å². The lowest BCUT2D eigenvalue weighted by atomic mass is 10.1. The molecule has 0 aliphatic carbocycles. The summed E-state index contributed by atoms with van der Waals surface area (Å²) in [5.74, 6) is -0.938. The molecule has 0 aromatic heterocycles. The molecule has 0 heterocycles. The van der Waals surface area contributed by atoms with Gasteiger partial charge in [-0.15, -0.1) is 0 Å². The number of benzene rings is 1. The third-order valence-corrected chi connectivity index (χ3v) is 2.62. The van der Waals surface area contributed by atoms with Crippen molar-refractivity contribution in [2.45, 2.75) is 38.9 Å². The zero-order chi connectivity index (χ0) is 16.9. The Morgan fingerprint density at radius 3 is 2.45 bits per heavy atom. The van der Waals surface area contributed by atoms with Gasteiger partial charge in [-0.3, -0.25) is 5.32 Å². The highest BCUT2D eigenvalue weighted by molar-refractivity contribution is 5.85. The van der Waals surface area contributed by atoms with E-state index < -0.39 is 23.8 Å². The third-order valence-electron chi connectivity index (χ3n) is 2.62. The molecule has 7 heteroatoms. The minimum absolute atomic E-state index is 0.0920. The Balaban J connectivity index is 2.73. The molecule has 1 amide bonds. The summed E-state index contributed by atoms with van der Waals surface area (Å²) < 4.78 is 9.49. The van der Waals surface area contributed by atoms with Gasteiger partial charge in [0.2, 0.25) is 0 Å². The Morgan fingerprint density at radius 1 is 1.32 bits per heavy atom. The van der Waals surface area contributed by atoms with Gasteiger partial charge in [0, 0.05) is 18.2 Å². The van der Waals surface area contributed by atoms with Gasteiger partial charge in [0.15, 0.2) is 6.10 Å². The average Bonchev–Trinajstić information content (AvgIpc) is 2.38. The van der Waals surface area contributed by atoms with E-state index in [1.54, 1.807) is 20.8 Å². The number of rotatable bonds is 4. The number of phenols is 1. The minimum atomic E-state index is -1.36. The van der Waals surface area contributed by atoms with Crippen LogP contribution in [0.25, 0.3) is 0 Å². The number of ether oxygens (including phenoxy) is 2. The van der Waals surface area contributed by atoms with E-state index in [0.717, 1.165) is 0 Å². The lowest BCUT2D eigenvalue weighted by molar-refractivity contribution is -0.150. The minimum Gasteiger partial charge on any atom is -0.508 e. The number of methoxy groups -OCH3 is 1. The zero-order valence-electron chi connectivity index (χ0n) is 13.0. The van der Waals surface area contributed by atoms with Crippen LogP contribution in [-0.2, 0) is 20.7 Å². The number of aromatic hydroxyl groups is 1. The molecule has 0 saturated carbocycles. The van der Waals surface area contributed by atoms with Gasteiger partial charge < -0.3 is 19.7 Å². The Morgan fingerprint density at radius 2 is 1.95 bits per heavy atom. The van der Waals surface area contributed by atoms with Gasteiger partial charge in [0.05, 0.1) is 7.11 Å². The molecule has 0 fully saturated rings. The summed E-state index contributed by atoms with van der Waals surface area (Å²) in [6.07, 6.45) is -2.10. The van der Waals surface area contributed by atoms with Crippen LogP contribution in [0.5, 0.6) is 5.75 Å². The van der Waals surface area contributed by atoms with Crippen molar-refractivity contribution in [1.29, 1.82) is 0 Å². The van der Waals surface area contributed by atoms with E-state index in [0.29, 0.717) is 11.3 Å². The van der Waals surface area contributed by atoms with Gasteiger partial charge in [0.1, 0.15) is 11.4 Å². The lowest BCUT2D eigenvalue weighted by Gasteiger charge is -2.20. The summed E-state index contributed by atoms with van der Waals surface area (Å²) in [6, 6.07) is 4.33. The van der Waals surface area contributed by atoms with Crippen LogP contribution in [0.15, 0.2) is 18.2 Å². The summed E-state index contributed by atoms with van der Waals surface area (Å²) in [5, 5.41) is 21.9. The highest BCUT2D eigenvalue weighted by atomic mass is 16.6. The highest BCUT2D eigenvalue weighted by Gasteiger charge is 2.19. The molecule has 0 saturated heterocycles. The molecule has 0 spiro atoms. The summed E-state index contributed by atoms with van der Waals surface area (Å²) >= 11 is 0. The number of esters is 1. The van der Waals surface area contributed by atoms with Gasteiger partial charge in [-0.2, -0.15) is 0 Å². The average molecular weight is 311 g/mol. The molecule has 1 aromatic carbocycles. The number of aliphatic hydroxyl groups is 1. The fraction of sp³-hybridized carbons (Fsp3) is 0.467. The van der Waals surface area contributed by atoms with E-state index in [1.165, 1.54) is 25.3 Å². The molecule has 3 N–H and O–H groups in total. The summed E-state index contributed by atoms with van der Waals surface area (Å²) in [7, 11) is 1.17. The van der Waals surface area contributed by atoms with Crippen LogP contribution in [0.3, 0.4) is 0 Å². The third kappa shape index (κ3) is 5.61. The zero-order valence-corrected chi connectivity index (χ0v) is 13.0. The monoisotopic (exact) mass is 311 g/mol. The molecule has 22 heavy (non-hydrogen) atoms. The molecule has 0 bridgehead atoms. The van der Waals surface area contributed by atoms with Crippen molar-refractivity contribution < 1.29 is 29.3 Å². The number of amides is 1. The summed E-state index contributed by atoms with van der Waals surface area (Å²) in [5.41, 5.74) is 0.0622. The van der Waals surface area contributed by atoms with Crippen molar-refractivity contribution in [3.05, 3.63) is 23.8 Å². The van der Waals surface area contributed by atoms with E-state index in [4.69, 9.17) is 4.74 Å². The normalized spacial score (nSPS) is 12.4. The molecule has 0 radical (unpaired) electrons. The van der Waals surface area contributed by atoms with E-state index >= 15 is 0 Å². The van der Waals surface area contributed by atoms with E-state index in [2.05, 4.69) is 10.1 Å². The maximum atomic E-state index is 11.6. The topological polar surface area (TPSA) is 105 Å². The molecule has 1 unspecified atom stereocenters. The predicted molar refractivity (Wildman–Crippen MR) is 79.7 cm³/mol. The van der Waals surface area contributed by atoms with E-state index in [9.17, 15) is 19.8 Å². The number of aliphatic hydroxyl groups excluding tert-OH is 1. The molecular formula is C15H21NO6. The van der Waals surface area contributed by atoms with Crippen LogP contribution in [0.2, 0.25) is 0 Å². The van der Waals surface area contributed by atoms with E-state index in [-0.39, 0.29) is 12.2 Å². The second-order valence-corrected chi connectivity index (χ2v) is 5.71. The smallest absolute Gasteiger partial charge is 0.412 e. The van der Waals surface area contributed by atoms with Crippen LogP contribution in [0.1, 0.15) is 26.3 Å². The molecular weight excluding hydrogens is 290 g/mol. The van der Waals surface area contributed by atoms with Crippen molar-refractivity contribution in [3.63, 3.8) is 0 Å². The first kappa shape index (κ1) is 17.8. The van der Waals surface area contributed by atoms with Crippen molar-refractivity contribution in [1.82, 2.24) is 0 Å². The van der Waals surface area contributed by atoms with Crippen LogP contribution < -0.4 is 5.32 Å². The standard InChI is InChI=1S/C15H21NO6/c1-15(2,3)22-14(20)16-10-6-5-9(11(17)8-10)7-12(18)13(19)21-4/h5-6,8,12,17-18H,7H2,1-4H3,(H,16,20). The second-order valence-electron chi connectivity index (χ2n) is 5.71. The van der Waals surface area contributed by atoms with Crippen molar-refractivity contribution in [2.75, 3.05) is 12.4 Å². The van der Waals surface area contributed by atoms with Crippen molar-refractivity contribution >= 4 is 17.7 Å². The van der Waals surface area contributed by atoms with Gasteiger partial charge in [-0.05, 0) is 32.4 Å². The van der Waals surface area contributed by atoms with E-state index in [1.807, 2.05) is 0 Å². The maximum Gasteiger partial charge on any atom is 0.412 e. The van der Waals surface area contributed by atoms with Gasteiger partial charge >= 0.3 is 12.1 Å². The number of carbonyl (C=O) groups is 2. The summed E-state index contributed by atoms with van der Waals surface area (Å²) in [6.45, 7) is 5.21. The van der Waals surface area contributed by atoms with Crippen molar-refractivity contribution in [2.24, 2.45) is 0 Å². The fourth-order valence-corrected chi connectivity index (χ4v) is 1.66. The predicted octanol–water partition coefficient (Wildman–Crippen LogP) is 1.82. The largest absolute Gasteiger partial charge is 0.508 e. The second kappa shape index (κ2) is 7.13. The highest BCUT2D eigenvalue weighted by Crippen LogP contribution is 2.24. The first-order chi connectivity index (χ1) is 10.1. The number of phenolic OH excluding ortho intramolecular Hbond substituents is 1. The lowest BCUT2D eigenvalue weighted by Crippen LogP contribution is -2.27. The molecule has 0 aliphatic rings. The molecule has 7 nitrogen and oxygen atoms in total. The number of anilines is 1. The first-order valence-corrected chi connectivity index (χ1v) is 6.70. The van der Waals surface area contributed by atoms with Crippen LogP contribution in [-0.4, -0.2) is 41.1 Å². The van der Waals surface area contributed by atoms with Crippen molar-refractivity contribution in [3.8, 4) is 5.75 Å². The number of carbonyl (C=O) groups excluding carboxylic acids is 2. The molecule has 1 rings (SSSR count). The Bertz CT molecular complexity index is 549. The molecule has 1 atom stereocenters. The molecule has 1 aromatic rings. The SMILES string of the molecule is COC(=O)C(O)Cc1ccc(NC(=O)OC(C)(C)C)cc1O. The van der Waals surface area contributed by atoms with Gasteiger partial charge in [0.25, 0.3) is 0 Å². The summed E-state index contributed by atoms with van der Waals surface area (Å²) in [4.78, 5) is 22.8. The molecule has 122 valence electrons. The van der Waals surface area contributed by atoms with Crippen LogP contribution >= 0.6 is 0 Å². The Kier molecular flexibility index (Phi) is 5.76. The first-order valence-electron chi connectivity index (χ1n) is 6.70. The molecule has 0 aliphatic heterocycles. The van der Waals surface area contributed by atoms with Gasteiger partial charge in [-0.1, -0.05) is 6.07 Å². The maximum absolute atomic E-state index is 11.6. The number of hydrogen-bond donors (Lipinski definition) is 3. The number of hydrogen-bond acceptors (Lipinski definition) is 6. The quantitative estimate of drug-likeness (QED) is 0.732. The van der Waals surface area contributed by atoms with Crippen LogP contribution in [0.4, 0.5) is 10.5 Å². The number of nitrogens with one attached hydrogen (secondary N) is 1.